The summed E-state index contributed by atoms with van der Waals surface area (Å²) in [6.07, 6.45) is 0. The highest BCUT2D eigenvalue weighted by Gasteiger charge is 2.14. The van der Waals surface area contributed by atoms with E-state index in [-0.39, 0.29) is 11.3 Å². The fraction of sp³-hybridized carbons (Fsp3) is 0.250. The summed E-state index contributed by atoms with van der Waals surface area (Å²) < 4.78 is 1.76. The standard InChI is InChI=1S/C8H6N4O2/c1-11-6(4-10)5(3-9)7(13)12(2)8(11)14/h1-2H3. The number of aromatic nitrogens is 2. The number of nitrogens with zero attached hydrogens (tertiary/aromatic N) is 4. The minimum Gasteiger partial charge on any atom is -0.286 e. The maximum absolute atomic E-state index is 11.3. The Kier molecular flexibility index (Phi) is 2.22. The van der Waals surface area contributed by atoms with Crippen molar-refractivity contribution in [2.75, 3.05) is 0 Å². The molecule has 0 fully saturated rings. The summed E-state index contributed by atoms with van der Waals surface area (Å²) >= 11 is 0. The van der Waals surface area contributed by atoms with Gasteiger partial charge in [-0.05, 0) is 0 Å². The molecule has 0 spiro atoms. The molecule has 0 N–H and O–H groups in total. The van der Waals surface area contributed by atoms with Crippen LogP contribution in [0, 0.1) is 22.7 Å². The van der Waals surface area contributed by atoms with Crippen molar-refractivity contribution in [1.82, 2.24) is 9.13 Å². The van der Waals surface area contributed by atoms with Crippen LogP contribution in [0.4, 0.5) is 0 Å². The van der Waals surface area contributed by atoms with Gasteiger partial charge in [-0.2, -0.15) is 10.5 Å². The Morgan fingerprint density at radius 3 is 2.07 bits per heavy atom. The lowest BCUT2D eigenvalue weighted by atomic mass is 10.2. The van der Waals surface area contributed by atoms with Crippen LogP contribution >= 0.6 is 0 Å². The van der Waals surface area contributed by atoms with E-state index < -0.39 is 11.2 Å². The van der Waals surface area contributed by atoms with Gasteiger partial charge >= 0.3 is 5.69 Å². The third-order valence-corrected chi connectivity index (χ3v) is 1.88. The summed E-state index contributed by atoms with van der Waals surface area (Å²) in [5.41, 5.74) is -1.88. The lowest BCUT2D eigenvalue weighted by Crippen LogP contribution is -2.39. The molecule has 0 saturated carbocycles. The van der Waals surface area contributed by atoms with E-state index in [1.165, 1.54) is 14.1 Å². The van der Waals surface area contributed by atoms with Crippen molar-refractivity contribution in [3.8, 4) is 12.1 Å². The Morgan fingerprint density at radius 1 is 1.07 bits per heavy atom. The molecule has 1 aromatic rings. The Labute approximate surface area is 78.9 Å². The van der Waals surface area contributed by atoms with E-state index in [2.05, 4.69) is 0 Å². The largest absolute Gasteiger partial charge is 0.331 e. The fourth-order valence-electron chi connectivity index (χ4n) is 1.08. The van der Waals surface area contributed by atoms with Crippen molar-refractivity contribution in [3.05, 3.63) is 32.1 Å². The Morgan fingerprint density at radius 2 is 1.64 bits per heavy atom. The average molecular weight is 190 g/mol. The summed E-state index contributed by atoms with van der Waals surface area (Å²) in [5.74, 6) is 0. The highest BCUT2D eigenvalue weighted by molar-refractivity contribution is 5.39. The van der Waals surface area contributed by atoms with Gasteiger partial charge in [0, 0.05) is 14.1 Å². The van der Waals surface area contributed by atoms with E-state index in [1.807, 2.05) is 0 Å². The molecule has 0 aliphatic carbocycles. The van der Waals surface area contributed by atoms with Gasteiger partial charge in [-0.3, -0.25) is 13.9 Å². The van der Waals surface area contributed by atoms with Gasteiger partial charge in [-0.15, -0.1) is 0 Å². The first kappa shape index (κ1) is 9.75. The molecule has 0 unspecified atom stereocenters. The molecule has 1 aromatic heterocycles. The molecular formula is C8H6N4O2. The lowest BCUT2D eigenvalue weighted by Gasteiger charge is -2.04. The molecule has 0 amide bonds. The molecule has 70 valence electrons. The van der Waals surface area contributed by atoms with Gasteiger partial charge in [-0.1, -0.05) is 0 Å². The van der Waals surface area contributed by atoms with Crippen LogP contribution in [0.2, 0.25) is 0 Å². The summed E-state index contributed by atoms with van der Waals surface area (Å²) in [6.45, 7) is 0. The zero-order valence-corrected chi connectivity index (χ0v) is 7.61. The first-order valence-corrected chi connectivity index (χ1v) is 3.64. The molecule has 0 atom stereocenters. The number of rotatable bonds is 0. The Balaban J connectivity index is 4.00. The zero-order valence-electron chi connectivity index (χ0n) is 7.61. The SMILES string of the molecule is Cn1c(C#N)c(C#N)c(=O)n(C)c1=O. The van der Waals surface area contributed by atoms with Crippen molar-refractivity contribution >= 4 is 0 Å². The van der Waals surface area contributed by atoms with E-state index in [4.69, 9.17) is 10.5 Å². The first-order chi connectivity index (χ1) is 6.54. The normalized spacial score (nSPS) is 9.14. The summed E-state index contributed by atoms with van der Waals surface area (Å²) in [6, 6.07) is 3.26. The van der Waals surface area contributed by atoms with Crippen molar-refractivity contribution in [2.45, 2.75) is 0 Å². The van der Waals surface area contributed by atoms with Crippen LogP contribution in [0.5, 0.6) is 0 Å². The minimum atomic E-state index is -0.743. The number of nitriles is 2. The minimum absolute atomic E-state index is 0.208. The summed E-state index contributed by atoms with van der Waals surface area (Å²) in [5, 5.41) is 17.3. The summed E-state index contributed by atoms with van der Waals surface area (Å²) in [7, 11) is 2.59. The van der Waals surface area contributed by atoms with Gasteiger partial charge in [0.1, 0.15) is 17.8 Å². The Hall–Kier alpha value is -2.34. The van der Waals surface area contributed by atoms with Crippen molar-refractivity contribution < 1.29 is 0 Å². The molecule has 0 radical (unpaired) electrons. The summed E-state index contributed by atoms with van der Waals surface area (Å²) in [4.78, 5) is 22.6. The van der Waals surface area contributed by atoms with E-state index >= 15 is 0 Å². The molecular weight excluding hydrogens is 184 g/mol. The highest BCUT2D eigenvalue weighted by atomic mass is 16.2. The Bertz CT molecular complexity index is 580. The molecule has 1 rings (SSSR count). The van der Waals surface area contributed by atoms with Gasteiger partial charge < -0.3 is 0 Å². The molecule has 0 aliphatic heterocycles. The van der Waals surface area contributed by atoms with Crippen LogP contribution in [0.3, 0.4) is 0 Å². The van der Waals surface area contributed by atoms with Crippen LogP contribution in [0.15, 0.2) is 9.59 Å². The average Bonchev–Trinajstić information content (AvgIpc) is 2.20. The molecule has 6 nitrogen and oxygen atoms in total. The molecule has 1 heterocycles. The second-order valence-corrected chi connectivity index (χ2v) is 2.65. The van der Waals surface area contributed by atoms with Gasteiger partial charge in [-0.25, -0.2) is 4.79 Å². The first-order valence-electron chi connectivity index (χ1n) is 3.64. The van der Waals surface area contributed by atoms with Crippen molar-refractivity contribution in [2.24, 2.45) is 14.1 Å². The van der Waals surface area contributed by atoms with E-state index in [9.17, 15) is 9.59 Å². The maximum atomic E-state index is 11.3. The van der Waals surface area contributed by atoms with Crippen LogP contribution in [0.25, 0.3) is 0 Å². The van der Waals surface area contributed by atoms with Crippen LogP contribution < -0.4 is 11.2 Å². The lowest BCUT2D eigenvalue weighted by molar-refractivity contribution is 0.674. The monoisotopic (exact) mass is 190 g/mol. The smallest absolute Gasteiger partial charge is 0.286 e. The number of hydrogen-bond donors (Lipinski definition) is 0. The van der Waals surface area contributed by atoms with Crippen molar-refractivity contribution in [1.29, 1.82) is 10.5 Å². The van der Waals surface area contributed by atoms with Gasteiger partial charge in [0.25, 0.3) is 5.56 Å². The predicted octanol–water partition coefficient (Wildman–Crippen LogP) is -1.17. The molecule has 0 aliphatic rings. The molecule has 0 aromatic carbocycles. The van der Waals surface area contributed by atoms with Crippen LogP contribution in [-0.2, 0) is 14.1 Å². The number of hydrogen-bond acceptors (Lipinski definition) is 4. The van der Waals surface area contributed by atoms with E-state index in [0.29, 0.717) is 0 Å². The quantitative estimate of drug-likeness (QED) is 0.515. The van der Waals surface area contributed by atoms with Gasteiger partial charge in [0.2, 0.25) is 0 Å². The third kappa shape index (κ3) is 1.10. The molecule has 0 bridgehead atoms. The zero-order chi connectivity index (χ0) is 10.9. The maximum Gasteiger partial charge on any atom is 0.331 e. The molecule has 0 saturated heterocycles. The van der Waals surface area contributed by atoms with Crippen molar-refractivity contribution in [3.63, 3.8) is 0 Å². The van der Waals surface area contributed by atoms with Crippen LogP contribution in [0.1, 0.15) is 11.3 Å². The third-order valence-electron chi connectivity index (χ3n) is 1.88. The highest BCUT2D eigenvalue weighted by Crippen LogP contribution is 1.95. The van der Waals surface area contributed by atoms with E-state index in [1.54, 1.807) is 12.1 Å². The fourth-order valence-corrected chi connectivity index (χ4v) is 1.08. The van der Waals surface area contributed by atoms with E-state index in [0.717, 1.165) is 9.13 Å². The second kappa shape index (κ2) is 3.19. The second-order valence-electron chi connectivity index (χ2n) is 2.65. The van der Waals surface area contributed by atoms with Crippen LogP contribution in [-0.4, -0.2) is 9.13 Å². The van der Waals surface area contributed by atoms with Gasteiger partial charge in [0.15, 0.2) is 5.56 Å². The topological polar surface area (TPSA) is 91.6 Å². The molecule has 6 heteroatoms. The van der Waals surface area contributed by atoms with Gasteiger partial charge in [0.05, 0.1) is 0 Å². The molecule has 14 heavy (non-hydrogen) atoms. The predicted molar refractivity (Wildman–Crippen MR) is 46.4 cm³/mol.